The van der Waals surface area contributed by atoms with Crippen LogP contribution in [0.5, 0.6) is 0 Å². The van der Waals surface area contributed by atoms with Gasteiger partial charge in [-0.15, -0.1) is 0 Å². The number of carbonyl (C=O) groups excluding carboxylic acids is 1. The first-order valence-electron chi connectivity index (χ1n) is 12.2. The first-order valence-corrected chi connectivity index (χ1v) is 13.6. The largest absolute Gasteiger partial charge is 0.381 e. The summed E-state index contributed by atoms with van der Waals surface area (Å²) in [6.07, 6.45) is 4.97. The van der Waals surface area contributed by atoms with Gasteiger partial charge in [0.1, 0.15) is 0 Å². The first kappa shape index (κ1) is 24.6. The van der Waals surface area contributed by atoms with Crippen LogP contribution in [0, 0.1) is 0 Å². The second kappa shape index (κ2) is 10.5. The van der Waals surface area contributed by atoms with E-state index < -0.39 is 10.0 Å². The number of hydrogen-bond acceptors (Lipinski definition) is 8. The number of aryl methyl sites for hydroxylation is 1. The average molecular weight is 515 g/mol. The summed E-state index contributed by atoms with van der Waals surface area (Å²) in [4.78, 5) is 18.0. The van der Waals surface area contributed by atoms with Crippen LogP contribution < -0.4 is 10.6 Å². The molecule has 12 heteroatoms. The molecule has 0 spiro atoms. The second-order valence-electron chi connectivity index (χ2n) is 8.77. The maximum atomic E-state index is 13.3. The maximum absolute atomic E-state index is 13.3. The highest BCUT2D eigenvalue weighted by Crippen LogP contribution is 2.29. The maximum Gasteiger partial charge on any atom is 0.259 e. The van der Waals surface area contributed by atoms with E-state index in [1.807, 2.05) is 6.92 Å². The van der Waals surface area contributed by atoms with Crippen molar-refractivity contribution >= 4 is 38.3 Å². The quantitative estimate of drug-likeness (QED) is 0.492. The Hall–Kier alpha value is -3.06. The molecule has 3 aromatic rings. The van der Waals surface area contributed by atoms with E-state index in [1.165, 1.54) is 16.4 Å². The highest BCUT2D eigenvalue weighted by atomic mass is 32.2. The van der Waals surface area contributed by atoms with E-state index in [4.69, 9.17) is 9.47 Å². The fourth-order valence-electron chi connectivity index (χ4n) is 4.48. The number of hydrogen-bond donors (Lipinski definition) is 2. The Morgan fingerprint density at radius 2 is 1.75 bits per heavy atom. The third kappa shape index (κ3) is 4.94. The van der Waals surface area contributed by atoms with E-state index in [0.717, 1.165) is 18.2 Å². The molecule has 0 aliphatic carbocycles. The topological polar surface area (TPSA) is 128 Å². The van der Waals surface area contributed by atoms with E-state index in [9.17, 15) is 13.2 Å². The lowest BCUT2D eigenvalue weighted by atomic mass is 10.1. The Morgan fingerprint density at radius 3 is 2.44 bits per heavy atom. The number of rotatable bonds is 7. The number of fused-ring (bicyclic) bond motifs is 1. The zero-order valence-corrected chi connectivity index (χ0v) is 21.0. The molecular weight excluding hydrogens is 484 g/mol. The van der Waals surface area contributed by atoms with Crippen LogP contribution in [0.2, 0.25) is 0 Å². The molecule has 0 unspecified atom stereocenters. The molecule has 1 amide bonds. The summed E-state index contributed by atoms with van der Waals surface area (Å²) in [6.45, 7) is 5.41. The van der Waals surface area contributed by atoms with Gasteiger partial charge in [-0.25, -0.2) is 18.1 Å². The average Bonchev–Trinajstić information content (AvgIpc) is 3.34. The van der Waals surface area contributed by atoms with Crippen molar-refractivity contribution in [2.45, 2.75) is 37.2 Å². The van der Waals surface area contributed by atoms with Crippen molar-refractivity contribution in [2.24, 2.45) is 0 Å². The van der Waals surface area contributed by atoms with Crippen molar-refractivity contribution in [3.63, 3.8) is 0 Å². The molecule has 5 rings (SSSR count). The van der Waals surface area contributed by atoms with Crippen LogP contribution in [0.25, 0.3) is 11.0 Å². The lowest BCUT2D eigenvalue weighted by Gasteiger charge is -2.26. The molecule has 2 N–H and O–H groups in total. The Bertz CT molecular complexity index is 1330. The number of carbonyl (C=O) groups is 1. The van der Waals surface area contributed by atoms with E-state index in [-0.39, 0.29) is 16.8 Å². The predicted octanol–water partition coefficient (Wildman–Crippen LogP) is 2.32. The summed E-state index contributed by atoms with van der Waals surface area (Å²) < 4.78 is 39.7. The third-order valence-corrected chi connectivity index (χ3v) is 8.41. The smallest absolute Gasteiger partial charge is 0.259 e. The fourth-order valence-corrected chi connectivity index (χ4v) is 5.88. The molecule has 2 fully saturated rings. The van der Waals surface area contributed by atoms with Gasteiger partial charge in [0.25, 0.3) is 5.91 Å². The summed E-state index contributed by atoms with van der Waals surface area (Å²) in [5, 5.41) is 11.6. The molecule has 2 aliphatic heterocycles. The number of morpholine rings is 1. The van der Waals surface area contributed by atoms with Gasteiger partial charge in [0, 0.05) is 50.8 Å². The number of ether oxygens (including phenoxy) is 2. The van der Waals surface area contributed by atoms with Gasteiger partial charge in [-0.3, -0.25) is 4.79 Å². The predicted molar refractivity (Wildman–Crippen MR) is 135 cm³/mol. The number of amides is 1. The summed E-state index contributed by atoms with van der Waals surface area (Å²) in [7, 11) is -3.61. The number of pyridine rings is 1. The Labute approximate surface area is 209 Å². The number of benzene rings is 1. The van der Waals surface area contributed by atoms with Crippen LogP contribution in [-0.2, 0) is 26.0 Å². The lowest BCUT2D eigenvalue weighted by Crippen LogP contribution is -2.40. The zero-order valence-electron chi connectivity index (χ0n) is 20.1. The molecule has 192 valence electrons. The van der Waals surface area contributed by atoms with E-state index in [1.54, 1.807) is 29.2 Å². The van der Waals surface area contributed by atoms with Gasteiger partial charge in [-0.2, -0.15) is 9.40 Å². The van der Waals surface area contributed by atoms with Crippen molar-refractivity contribution < 1.29 is 22.7 Å². The zero-order chi connectivity index (χ0) is 25.1. The molecular formula is C24H30N6O5S. The second-order valence-corrected chi connectivity index (χ2v) is 10.7. The molecule has 0 saturated carbocycles. The van der Waals surface area contributed by atoms with Crippen LogP contribution in [0.15, 0.2) is 41.6 Å². The van der Waals surface area contributed by atoms with Crippen LogP contribution in [0.1, 0.15) is 30.1 Å². The normalized spacial score (nSPS) is 17.8. The molecule has 2 aliphatic rings. The van der Waals surface area contributed by atoms with Gasteiger partial charge >= 0.3 is 0 Å². The van der Waals surface area contributed by atoms with Gasteiger partial charge in [0.15, 0.2) is 5.65 Å². The van der Waals surface area contributed by atoms with Gasteiger partial charge < -0.3 is 20.1 Å². The Kier molecular flexibility index (Phi) is 7.19. The standard InChI is InChI=1S/C24H30N6O5S/c1-2-30-23-20(16-26-30)22(27-18-7-11-34-12-8-18)21(15-25-23)24(31)28-17-3-5-19(6-4-17)36(32,33)29-9-13-35-14-10-29/h3-6,15-16,18H,2,7-14H2,1H3,(H,25,27)(H,28,31). The summed E-state index contributed by atoms with van der Waals surface area (Å²) in [5.41, 5.74) is 2.29. The molecule has 2 aromatic heterocycles. The monoisotopic (exact) mass is 514 g/mol. The third-order valence-electron chi connectivity index (χ3n) is 6.50. The summed E-state index contributed by atoms with van der Waals surface area (Å²) in [5.74, 6) is -0.341. The molecule has 0 radical (unpaired) electrons. The minimum absolute atomic E-state index is 0.172. The van der Waals surface area contributed by atoms with Crippen LogP contribution in [-0.4, -0.2) is 79.0 Å². The highest BCUT2D eigenvalue weighted by molar-refractivity contribution is 7.89. The van der Waals surface area contributed by atoms with Crippen molar-refractivity contribution in [1.82, 2.24) is 19.1 Å². The Morgan fingerprint density at radius 1 is 1.06 bits per heavy atom. The molecule has 0 atom stereocenters. The number of nitrogens with zero attached hydrogens (tertiary/aromatic N) is 4. The van der Waals surface area contributed by atoms with Crippen molar-refractivity contribution in [3.8, 4) is 0 Å². The Balaban J connectivity index is 1.39. The molecule has 11 nitrogen and oxygen atoms in total. The number of nitrogens with one attached hydrogen (secondary N) is 2. The summed E-state index contributed by atoms with van der Waals surface area (Å²) >= 11 is 0. The van der Waals surface area contributed by atoms with Crippen LogP contribution in [0.4, 0.5) is 11.4 Å². The number of sulfonamides is 1. The number of aromatic nitrogens is 3. The van der Waals surface area contributed by atoms with E-state index >= 15 is 0 Å². The fraction of sp³-hybridized carbons (Fsp3) is 0.458. The van der Waals surface area contributed by atoms with Crippen LogP contribution in [0.3, 0.4) is 0 Å². The molecule has 4 heterocycles. The van der Waals surface area contributed by atoms with Crippen molar-refractivity contribution in [2.75, 3.05) is 50.2 Å². The number of anilines is 2. The molecule has 1 aromatic carbocycles. The molecule has 0 bridgehead atoms. The van der Waals surface area contributed by atoms with Crippen LogP contribution >= 0.6 is 0 Å². The molecule has 2 saturated heterocycles. The van der Waals surface area contributed by atoms with Gasteiger partial charge in [0.2, 0.25) is 10.0 Å². The van der Waals surface area contributed by atoms with Crippen molar-refractivity contribution in [3.05, 3.63) is 42.2 Å². The summed E-state index contributed by atoms with van der Waals surface area (Å²) in [6, 6.07) is 6.38. The first-order chi connectivity index (χ1) is 17.5. The van der Waals surface area contributed by atoms with E-state index in [2.05, 4.69) is 20.7 Å². The SMILES string of the molecule is CCn1ncc2c(NC3CCOCC3)c(C(=O)Nc3ccc(S(=O)(=O)N4CCOCC4)cc3)cnc21. The minimum atomic E-state index is -3.61. The lowest BCUT2D eigenvalue weighted by molar-refractivity contribution is 0.0730. The molecule has 36 heavy (non-hydrogen) atoms. The minimum Gasteiger partial charge on any atom is -0.381 e. The van der Waals surface area contributed by atoms with Gasteiger partial charge in [0.05, 0.1) is 40.9 Å². The van der Waals surface area contributed by atoms with E-state index in [0.29, 0.717) is 68.6 Å². The highest BCUT2D eigenvalue weighted by Gasteiger charge is 2.26. The van der Waals surface area contributed by atoms with Crippen molar-refractivity contribution in [1.29, 1.82) is 0 Å². The van der Waals surface area contributed by atoms with Gasteiger partial charge in [-0.05, 0) is 44.0 Å². The van der Waals surface area contributed by atoms with Gasteiger partial charge in [-0.1, -0.05) is 0 Å².